The molecule has 1 aliphatic heterocycles. The molecule has 0 saturated heterocycles. The van der Waals surface area contributed by atoms with Gasteiger partial charge in [0.25, 0.3) is 5.91 Å². The summed E-state index contributed by atoms with van der Waals surface area (Å²) in [6.07, 6.45) is 3.64. The second kappa shape index (κ2) is 12.0. The summed E-state index contributed by atoms with van der Waals surface area (Å²) in [4.78, 5) is 27.0. The van der Waals surface area contributed by atoms with Gasteiger partial charge in [-0.05, 0) is 37.0 Å². The molecule has 9 nitrogen and oxygen atoms in total. The molecule has 0 aromatic heterocycles. The number of carbonyl (C=O) groups is 2. The summed E-state index contributed by atoms with van der Waals surface area (Å²) >= 11 is 0. The Labute approximate surface area is 188 Å². The molecule has 0 saturated carbocycles. The van der Waals surface area contributed by atoms with Crippen LogP contribution in [0.4, 0.5) is 0 Å². The number of ether oxygens (including phenoxy) is 1. The van der Waals surface area contributed by atoms with Crippen LogP contribution in [0.1, 0.15) is 25.8 Å². The molecule has 0 spiro atoms. The molecular weight excluding hydrogens is 412 g/mol. The van der Waals surface area contributed by atoms with Gasteiger partial charge in [-0.3, -0.25) is 15.0 Å². The monoisotopic (exact) mass is 444 g/mol. The third-order valence-corrected chi connectivity index (χ3v) is 4.79. The van der Waals surface area contributed by atoms with Gasteiger partial charge in [0.1, 0.15) is 23.4 Å². The predicted molar refractivity (Wildman–Crippen MR) is 121 cm³/mol. The Morgan fingerprint density at radius 1 is 1.34 bits per heavy atom. The molecule has 32 heavy (non-hydrogen) atoms. The van der Waals surface area contributed by atoms with Crippen molar-refractivity contribution in [2.45, 2.75) is 39.3 Å². The Morgan fingerprint density at radius 2 is 2.06 bits per heavy atom. The zero-order chi connectivity index (χ0) is 23.7. The van der Waals surface area contributed by atoms with E-state index in [1.54, 1.807) is 0 Å². The highest BCUT2D eigenvalue weighted by Crippen LogP contribution is 2.24. The predicted octanol–water partition coefficient (Wildman–Crippen LogP) is 1.06. The van der Waals surface area contributed by atoms with Crippen LogP contribution in [0.3, 0.4) is 0 Å². The normalized spacial score (nSPS) is 15.6. The first kappa shape index (κ1) is 25.1. The molecule has 0 aliphatic carbocycles. The lowest BCUT2D eigenvalue weighted by atomic mass is 10.0. The third kappa shape index (κ3) is 7.51. The fourth-order valence-electron chi connectivity index (χ4n) is 3.14. The number of amidine groups is 1. The van der Waals surface area contributed by atoms with Gasteiger partial charge in [-0.25, -0.2) is 0 Å². The molecule has 2 amide bonds. The van der Waals surface area contributed by atoms with Crippen LogP contribution in [-0.2, 0) is 9.59 Å². The van der Waals surface area contributed by atoms with E-state index in [2.05, 4.69) is 10.6 Å². The van der Waals surface area contributed by atoms with Gasteiger partial charge in [-0.15, -0.1) is 0 Å². The molecule has 1 aromatic rings. The SMILES string of the molecule is Cc1ccccc1OC1=CC(=O)N([C@@H](CC(C)C)C(=O)NC(=N)/C=C\NC[C@@H](O)CO)C1. The highest BCUT2D eigenvalue weighted by molar-refractivity contribution is 6.05. The number of hydrogen-bond donors (Lipinski definition) is 5. The van der Waals surface area contributed by atoms with E-state index in [4.69, 9.17) is 15.3 Å². The number of aryl methyl sites for hydroxylation is 1. The number of aliphatic hydroxyl groups excluding tert-OH is 2. The first-order valence-electron chi connectivity index (χ1n) is 10.5. The maximum atomic E-state index is 12.9. The van der Waals surface area contributed by atoms with Crippen molar-refractivity contribution < 1.29 is 24.5 Å². The molecule has 2 atom stereocenters. The quantitative estimate of drug-likeness (QED) is 0.256. The van der Waals surface area contributed by atoms with E-state index >= 15 is 0 Å². The van der Waals surface area contributed by atoms with Crippen molar-refractivity contribution in [3.05, 3.63) is 53.9 Å². The van der Waals surface area contributed by atoms with Crippen LogP contribution >= 0.6 is 0 Å². The molecule has 5 N–H and O–H groups in total. The van der Waals surface area contributed by atoms with Crippen LogP contribution in [-0.4, -0.2) is 64.6 Å². The molecule has 9 heteroatoms. The van der Waals surface area contributed by atoms with Gasteiger partial charge < -0.3 is 30.5 Å². The molecule has 1 aliphatic rings. The lowest BCUT2D eigenvalue weighted by Crippen LogP contribution is -2.49. The summed E-state index contributed by atoms with van der Waals surface area (Å²) in [5, 5.41) is 31.2. The van der Waals surface area contributed by atoms with Gasteiger partial charge in [0.05, 0.1) is 19.3 Å². The molecule has 0 fully saturated rings. The largest absolute Gasteiger partial charge is 0.459 e. The number of nitrogens with zero attached hydrogens (tertiary/aromatic N) is 1. The molecule has 2 rings (SSSR count). The average molecular weight is 445 g/mol. The minimum atomic E-state index is -0.913. The van der Waals surface area contributed by atoms with Crippen LogP contribution in [0.2, 0.25) is 0 Å². The van der Waals surface area contributed by atoms with Crippen molar-refractivity contribution in [1.82, 2.24) is 15.5 Å². The van der Waals surface area contributed by atoms with E-state index in [-0.39, 0.29) is 37.4 Å². The maximum Gasteiger partial charge on any atom is 0.251 e. The van der Waals surface area contributed by atoms with Crippen LogP contribution in [0.15, 0.2) is 48.4 Å². The number of para-hydroxylation sites is 1. The van der Waals surface area contributed by atoms with Crippen molar-refractivity contribution in [3.8, 4) is 5.75 Å². The van der Waals surface area contributed by atoms with E-state index in [0.29, 0.717) is 17.9 Å². The van der Waals surface area contributed by atoms with Gasteiger partial charge in [0.2, 0.25) is 5.91 Å². The number of aliphatic hydroxyl groups is 2. The van der Waals surface area contributed by atoms with Crippen LogP contribution in [0, 0.1) is 18.3 Å². The number of carbonyl (C=O) groups excluding carboxylic acids is 2. The first-order chi connectivity index (χ1) is 15.2. The van der Waals surface area contributed by atoms with Crippen LogP contribution < -0.4 is 15.4 Å². The standard InChI is InChI=1S/C23H32N4O5/c1-15(2)10-19(23(31)26-21(24)8-9-25-12-17(29)14-28)27-13-18(11-22(27)30)32-20-7-5-4-6-16(20)3/h4-9,11,15,17,19,25,28-29H,10,12-14H2,1-3H3,(H2,24,26,31)/b9-8-/t17-,19+/m1/s1. The van der Waals surface area contributed by atoms with Crippen LogP contribution in [0.5, 0.6) is 5.75 Å². The summed E-state index contributed by atoms with van der Waals surface area (Å²) < 4.78 is 5.88. The molecule has 0 radical (unpaired) electrons. The second-order valence-electron chi connectivity index (χ2n) is 8.07. The van der Waals surface area contributed by atoms with E-state index in [9.17, 15) is 14.7 Å². The molecule has 1 aromatic carbocycles. The van der Waals surface area contributed by atoms with Gasteiger partial charge in [-0.2, -0.15) is 0 Å². The number of rotatable bonds is 11. The zero-order valence-corrected chi connectivity index (χ0v) is 18.7. The van der Waals surface area contributed by atoms with Crippen molar-refractivity contribution in [2.24, 2.45) is 5.92 Å². The molecule has 0 unspecified atom stereocenters. The molecule has 174 valence electrons. The lowest BCUT2D eigenvalue weighted by molar-refractivity contribution is -0.135. The van der Waals surface area contributed by atoms with Crippen molar-refractivity contribution in [1.29, 1.82) is 5.41 Å². The Morgan fingerprint density at radius 3 is 2.72 bits per heavy atom. The minimum absolute atomic E-state index is 0.113. The van der Waals surface area contributed by atoms with Crippen molar-refractivity contribution in [3.63, 3.8) is 0 Å². The lowest BCUT2D eigenvalue weighted by Gasteiger charge is -2.28. The summed E-state index contributed by atoms with van der Waals surface area (Å²) in [7, 11) is 0. The second-order valence-corrected chi connectivity index (χ2v) is 8.07. The average Bonchev–Trinajstić information content (AvgIpc) is 3.10. The number of amides is 2. The minimum Gasteiger partial charge on any atom is -0.459 e. The summed E-state index contributed by atoms with van der Waals surface area (Å²) in [5.41, 5.74) is 0.941. The van der Waals surface area contributed by atoms with Gasteiger partial charge in [0.15, 0.2) is 0 Å². The third-order valence-electron chi connectivity index (χ3n) is 4.79. The van der Waals surface area contributed by atoms with E-state index in [1.165, 1.54) is 23.3 Å². The fraction of sp³-hybridized carbons (Fsp3) is 0.435. The van der Waals surface area contributed by atoms with Crippen LogP contribution in [0.25, 0.3) is 0 Å². The number of hydrogen-bond acceptors (Lipinski definition) is 7. The number of benzene rings is 1. The Hall–Kier alpha value is -3.17. The van der Waals surface area contributed by atoms with Crippen molar-refractivity contribution in [2.75, 3.05) is 19.7 Å². The van der Waals surface area contributed by atoms with E-state index in [0.717, 1.165) is 5.56 Å². The highest BCUT2D eigenvalue weighted by Gasteiger charge is 2.35. The van der Waals surface area contributed by atoms with Gasteiger partial charge in [-0.1, -0.05) is 32.0 Å². The fourth-order valence-corrected chi connectivity index (χ4v) is 3.14. The summed E-state index contributed by atoms with van der Waals surface area (Å²) in [6, 6.07) is 6.74. The Kier molecular flexibility index (Phi) is 9.42. The van der Waals surface area contributed by atoms with Crippen molar-refractivity contribution >= 4 is 17.6 Å². The molecule has 0 bridgehead atoms. The summed E-state index contributed by atoms with van der Waals surface area (Å²) in [5.74, 6) is 0.340. The molecule has 1 heterocycles. The smallest absolute Gasteiger partial charge is 0.251 e. The van der Waals surface area contributed by atoms with E-state index < -0.39 is 18.1 Å². The maximum absolute atomic E-state index is 12.9. The molecular formula is C23H32N4O5. The Balaban J connectivity index is 2.00. The van der Waals surface area contributed by atoms with Gasteiger partial charge >= 0.3 is 0 Å². The first-order valence-corrected chi connectivity index (χ1v) is 10.5. The zero-order valence-electron chi connectivity index (χ0n) is 18.7. The number of nitrogens with one attached hydrogen (secondary N) is 3. The summed E-state index contributed by atoms with van der Waals surface area (Å²) in [6.45, 7) is 5.74. The van der Waals surface area contributed by atoms with E-state index in [1.807, 2.05) is 45.0 Å². The highest BCUT2D eigenvalue weighted by atomic mass is 16.5. The topological polar surface area (TPSA) is 135 Å². The van der Waals surface area contributed by atoms with Gasteiger partial charge in [0, 0.05) is 18.8 Å². The Bertz CT molecular complexity index is 881.